The van der Waals surface area contributed by atoms with Crippen LogP contribution in [0.3, 0.4) is 0 Å². The Labute approximate surface area is 121 Å². The standard InChI is InChI=1S/C14H15ClN2O3/c1-19-7-6-16-14(18)9-12-8-13(20-17-12)10-2-4-11(15)5-3-10/h2-5,8H,6-7,9H2,1H3,(H,16,18). The summed E-state index contributed by atoms with van der Waals surface area (Å²) in [5, 5.41) is 7.27. The van der Waals surface area contributed by atoms with Gasteiger partial charge < -0.3 is 14.6 Å². The lowest BCUT2D eigenvalue weighted by atomic mass is 10.1. The van der Waals surface area contributed by atoms with Crippen molar-refractivity contribution in [1.82, 2.24) is 10.5 Å². The number of ether oxygens (including phenoxy) is 1. The van der Waals surface area contributed by atoms with Gasteiger partial charge in [-0.25, -0.2) is 0 Å². The quantitative estimate of drug-likeness (QED) is 0.830. The monoisotopic (exact) mass is 294 g/mol. The first-order chi connectivity index (χ1) is 9.69. The molecule has 0 aliphatic carbocycles. The van der Waals surface area contributed by atoms with Crippen LogP contribution in [0, 0.1) is 0 Å². The van der Waals surface area contributed by atoms with E-state index in [1.165, 1.54) is 0 Å². The van der Waals surface area contributed by atoms with Gasteiger partial charge in [-0.05, 0) is 24.3 Å². The minimum absolute atomic E-state index is 0.113. The zero-order chi connectivity index (χ0) is 14.4. The topological polar surface area (TPSA) is 64.4 Å². The van der Waals surface area contributed by atoms with Crippen molar-refractivity contribution in [2.24, 2.45) is 0 Å². The Balaban J connectivity index is 1.95. The maximum atomic E-state index is 11.6. The maximum absolute atomic E-state index is 11.6. The Morgan fingerprint density at radius 3 is 2.85 bits per heavy atom. The molecular formula is C14H15ClN2O3. The highest BCUT2D eigenvalue weighted by atomic mass is 35.5. The summed E-state index contributed by atoms with van der Waals surface area (Å²) < 4.78 is 10.1. The number of carbonyl (C=O) groups is 1. The summed E-state index contributed by atoms with van der Waals surface area (Å²) in [6.45, 7) is 0.970. The molecule has 1 amide bonds. The number of halogens is 1. The van der Waals surface area contributed by atoms with Crippen LogP contribution in [0.1, 0.15) is 5.69 Å². The Bertz CT molecular complexity index is 566. The SMILES string of the molecule is COCCNC(=O)Cc1cc(-c2ccc(Cl)cc2)on1. The van der Waals surface area contributed by atoms with Gasteiger partial charge in [0.05, 0.1) is 18.7 Å². The lowest BCUT2D eigenvalue weighted by Crippen LogP contribution is -2.28. The van der Waals surface area contributed by atoms with Gasteiger partial charge in [-0.2, -0.15) is 0 Å². The van der Waals surface area contributed by atoms with Crippen LogP contribution in [0.5, 0.6) is 0 Å². The third kappa shape index (κ3) is 4.08. The molecule has 0 aliphatic heterocycles. The highest BCUT2D eigenvalue weighted by Crippen LogP contribution is 2.22. The largest absolute Gasteiger partial charge is 0.383 e. The summed E-state index contributed by atoms with van der Waals surface area (Å²) in [5.41, 5.74) is 1.46. The van der Waals surface area contributed by atoms with Gasteiger partial charge in [0, 0.05) is 30.3 Å². The van der Waals surface area contributed by atoms with Crippen LogP contribution in [0.4, 0.5) is 0 Å². The van der Waals surface area contributed by atoms with E-state index in [1.54, 1.807) is 25.3 Å². The van der Waals surface area contributed by atoms with Crippen molar-refractivity contribution in [2.45, 2.75) is 6.42 Å². The van der Waals surface area contributed by atoms with Gasteiger partial charge in [-0.3, -0.25) is 4.79 Å². The first-order valence-electron chi connectivity index (χ1n) is 6.16. The van der Waals surface area contributed by atoms with Crippen LogP contribution in [0.25, 0.3) is 11.3 Å². The molecule has 1 aromatic carbocycles. The van der Waals surface area contributed by atoms with Gasteiger partial charge >= 0.3 is 0 Å². The fourth-order valence-corrected chi connectivity index (χ4v) is 1.79. The molecule has 2 aromatic rings. The molecule has 106 valence electrons. The summed E-state index contributed by atoms with van der Waals surface area (Å²) in [6, 6.07) is 8.97. The van der Waals surface area contributed by atoms with Crippen molar-refractivity contribution in [3.63, 3.8) is 0 Å². The minimum Gasteiger partial charge on any atom is -0.383 e. The lowest BCUT2D eigenvalue weighted by molar-refractivity contribution is -0.120. The zero-order valence-electron chi connectivity index (χ0n) is 11.1. The van der Waals surface area contributed by atoms with E-state index in [4.69, 9.17) is 20.9 Å². The molecule has 6 heteroatoms. The number of carbonyl (C=O) groups excluding carboxylic acids is 1. The summed E-state index contributed by atoms with van der Waals surface area (Å²) in [6.07, 6.45) is 0.181. The summed E-state index contributed by atoms with van der Waals surface area (Å²) in [7, 11) is 1.59. The second-order valence-electron chi connectivity index (χ2n) is 4.21. The minimum atomic E-state index is -0.113. The highest BCUT2D eigenvalue weighted by Gasteiger charge is 2.10. The number of aromatic nitrogens is 1. The molecule has 0 unspecified atom stereocenters. The molecular weight excluding hydrogens is 280 g/mol. The Kier molecular flexibility index (Phi) is 5.15. The molecule has 0 bridgehead atoms. The number of rotatable bonds is 6. The first-order valence-corrected chi connectivity index (χ1v) is 6.54. The Morgan fingerprint density at radius 1 is 1.40 bits per heavy atom. The molecule has 0 aliphatic rings. The number of methoxy groups -OCH3 is 1. The molecule has 0 saturated heterocycles. The van der Waals surface area contributed by atoms with Crippen LogP contribution in [-0.4, -0.2) is 31.3 Å². The third-order valence-electron chi connectivity index (χ3n) is 2.66. The van der Waals surface area contributed by atoms with Crippen molar-refractivity contribution in [1.29, 1.82) is 0 Å². The molecule has 0 atom stereocenters. The van der Waals surface area contributed by atoms with Crippen molar-refractivity contribution in [3.8, 4) is 11.3 Å². The Morgan fingerprint density at radius 2 is 2.15 bits per heavy atom. The summed E-state index contributed by atoms with van der Waals surface area (Å²) in [5.74, 6) is 0.499. The molecule has 1 N–H and O–H groups in total. The normalized spacial score (nSPS) is 10.5. The van der Waals surface area contributed by atoms with Crippen molar-refractivity contribution >= 4 is 17.5 Å². The van der Waals surface area contributed by atoms with E-state index in [1.807, 2.05) is 12.1 Å². The van der Waals surface area contributed by atoms with Crippen molar-refractivity contribution in [3.05, 3.63) is 41.0 Å². The molecule has 20 heavy (non-hydrogen) atoms. The predicted octanol–water partition coefficient (Wildman–Crippen LogP) is 2.30. The van der Waals surface area contributed by atoms with Gasteiger partial charge in [-0.15, -0.1) is 0 Å². The summed E-state index contributed by atoms with van der Waals surface area (Å²) in [4.78, 5) is 11.6. The van der Waals surface area contributed by atoms with E-state index in [0.717, 1.165) is 5.56 Å². The van der Waals surface area contributed by atoms with Gasteiger partial charge in [0.15, 0.2) is 5.76 Å². The molecule has 1 aromatic heterocycles. The lowest BCUT2D eigenvalue weighted by Gasteiger charge is -2.01. The number of hydrogen-bond acceptors (Lipinski definition) is 4. The molecule has 0 saturated carbocycles. The van der Waals surface area contributed by atoms with Gasteiger partial charge in [0.2, 0.25) is 5.91 Å². The average molecular weight is 295 g/mol. The predicted molar refractivity (Wildman–Crippen MR) is 75.5 cm³/mol. The molecule has 0 spiro atoms. The summed E-state index contributed by atoms with van der Waals surface area (Å²) >= 11 is 5.82. The van der Waals surface area contributed by atoms with Gasteiger partial charge in [0.1, 0.15) is 0 Å². The van der Waals surface area contributed by atoms with E-state index in [0.29, 0.717) is 29.6 Å². The number of hydrogen-bond donors (Lipinski definition) is 1. The second kappa shape index (κ2) is 7.07. The molecule has 2 rings (SSSR count). The fourth-order valence-electron chi connectivity index (χ4n) is 1.66. The van der Waals surface area contributed by atoms with E-state index in [-0.39, 0.29) is 12.3 Å². The van der Waals surface area contributed by atoms with E-state index in [2.05, 4.69) is 10.5 Å². The number of nitrogens with one attached hydrogen (secondary N) is 1. The molecule has 0 fully saturated rings. The van der Waals surface area contributed by atoms with Crippen molar-refractivity contribution in [2.75, 3.05) is 20.3 Å². The highest BCUT2D eigenvalue weighted by molar-refractivity contribution is 6.30. The van der Waals surface area contributed by atoms with E-state index >= 15 is 0 Å². The van der Waals surface area contributed by atoms with Crippen LogP contribution >= 0.6 is 11.6 Å². The fraction of sp³-hybridized carbons (Fsp3) is 0.286. The average Bonchev–Trinajstić information content (AvgIpc) is 2.88. The van der Waals surface area contributed by atoms with E-state index in [9.17, 15) is 4.79 Å². The number of nitrogens with zero attached hydrogens (tertiary/aromatic N) is 1. The second-order valence-corrected chi connectivity index (χ2v) is 4.65. The first kappa shape index (κ1) is 14.6. The van der Waals surface area contributed by atoms with Gasteiger partial charge in [0.25, 0.3) is 0 Å². The molecule has 1 heterocycles. The number of benzene rings is 1. The molecule has 0 radical (unpaired) electrons. The van der Waals surface area contributed by atoms with Crippen LogP contribution < -0.4 is 5.32 Å². The Hall–Kier alpha value is -1.85. The smallest absolute Gasteiger partial charge is 0.226 e. The van der Waals surface area contributed by atoms with Crippen LogP contribution in [0.2, 0.25) is 5.02 Å². The van der Waals surface area contributed by atoms with E-state index < -0.39 is 0 Å². The maximum Gasteiger partial charge on any atom is 0.226 e. The van der Waals surface area contributed by atoms with Crippen LogP contribution in [0.15, 0.2) is 34.9 Å². The molecule has 5 nitrogen and oxygen atoms in total. The third-order valence-corrected chi connectivity index (χ3v) is 2.91. The van der Waals surface area contributed by atoms with Crippen LogP contribution in [-0.2, 0) is 16.0 Å². The number of amides is 1. The zero-order valence-corrected chi connectivity index (χ0v) is 11.8. The van der Waals surface area contributed by atoms with Crippen molar-refractivity contribution < 1.29 is 14.1 Å². The van der Waals surface area contributed by atoms with Gasteiger partial charge in [-0.1, -0.05) is 16.8 Å².